The first-order valence-electron chi connectivity index (χ1n) is 5.21. The van der Waals surface area contributed by atoms with E-state index in [1.165, 1.54) is 0 Å². The second-order valence-electron chi connectivity index (χ2n) is 4.15. The summed E-state index contributed by atoms with van der Waals surface area (Å²) in [4.78, 5) is 4.32. The molecule has 0 aliphatic rings. The van der Waals surface area contributed by atoms with Gasteiger partial charge in [0, 0.05) is 11.6 Å². The summed E-state index contributed by atoms with van der Waals surface area (Å²) in [5, 5.41) is 11.0. The van der Waals surface area contributed by atoms with Crippen molar-refractivity contribution in [2.45, 2.75) is 20.0 Å². The molecular formula is C13H15NO. The molecule has 2 aromatic rings. The fraction of sp³-hybridized carbons (Fsp3) is 0.308. The molecule has 0 saturated heterocycles. The molecule has 0 radical (unpaired) electrons. The Bertz CT molecular complexity index is 465. The summed E-state index contributed by atoms with van der Waals surface area (Å²) in [6.07, 6.45) is 1.33. The third-order valence-electron chi connectivity index (χ3n) is 2.58. The lowest BCUT2D eigenvalue weighted by Crippen LogP contribution is -2.05. The van der Waals surface area contributed by atoms with Gasteiger partial charge in [-0.05, 0) is 23.6 Å². The second kappa shape index (κ2) is 3.99. The number of hydrogen-bond donors (Lipinski definition) is 1. The van der Waals surface area contributed by atoms with Crippen LogP contribution in [0.15, 0.2) is 36.5 Å². The van der Waals surface area contributed by atoms with Gasteiger partial charge in [-0.25, -0.2) is 0 Å². The van der Waals surface area contributed by atoms with E-state index in [1.54, 1.807) is 6.20 Å². The Morgan fingerprint density at radius 2 is 1.93 bits per heavy atom. The number of hydrogen-bond acceptors (Lipinski definition) is 2. The molecule has 2 rings (SSSR count). The van der Waals surface area contributed by atoms with Crippen molar-refractivity contribution in [3.63, 3.8) is 0 Å². The molecule has 2 heteroatoms. The number of aromatic nitrogens is 1. The van der Waals surface area contributed by atoms with Crippen molar-refractivity contribution in [1.82, 2.24) is 4.98 Å². The molecule has 0 bridgehead atoms. The zero-order chi connectivity index (χ0) is 10.8. The molecule has 0 amide bonds. The van der Waals surface area contributed by atoms with Crippen LogP contribution in [0.25, 0.3) is 10.9 Å². The molecule has 0 aliphatic heterocycles. The monoisotopic (exact) mass is 201 g/mol. The molecule has 1 aromatic carbocycles. The van der Waals surface area contributed by atoms with Crippen molar-refractivity contribution in [1.29, 1.82) is 0 Å². The van der Waals surface area contributed by atoms with Crippen LogP contribution in [0.3, 0.4) is 0 Å². The highest BCUT2D eigenvalue weighted by Gasteiger charge is 2.12. The third kappa shape index (κ3) is 2.00. The van der Waals surface area contributed by atoms with E-state index in [1.807, 2.05) is 44.2 Å². The van der Waals surface area contributed by atoms with E-state index in [4.69, 9.17) is 0 Å². The summed E-state index contributed by atoms with van der Waals surface area (Å²) in [5.41, 5.74) is 1.86. The molecule has 1 atom stereocenters. The van der Waals surface area contributed by atoms with Crippen molar-refractivity contribution < 1.29 is 5.11 Å². The Morgan fingerprint density at radius 3 is 2.67 bits per heavy atom. The van der Waals surface area contributed by atoms with Crippen LogP contribution in [-0.4, -0.2) is 10.1 Å². The van der Waals surface area contributed by atoms with Crippen LogP contribution in [0.5, 0.6) is 0 Å². The number of rotatable bonds is 2. The first kappa shape index (κ1) is 10.1. The van der Waals surface area contributed by atoms with Crippen molar-refractivity contribution >= 4 is 10.9 Å². The first-order valence-corrected chi connectivity index (χ1v) is 5.21. The van der Waals surface area contributed by atoms with Gasteiger partial charge in [0.25, 0.3) is 0 Å². The predicted molar refractivity (Wildman–Crippen MR) is 61.5 cm³/mol. The van der Waals surface area contributed by atoms with Gasteiger partial charge in [-0.2, -0.15) is 0 Å². The van der Waals surface area contributed by atoms with Crippen LogP contribution in [0, 0.1) is 5.92 Å². The summed E-state index contributed by atoms with van der Waals surface area (Å²) >= 11 is 0. The zero-order valence-electron chi connectivity index (χ0n) is 9.01. The van der Waals surface area contributed by atoms with E-state index >= 15 is 0 Å². The lowest BCUT2D eigenvalue weighted by atomic mass is 9.99. The summed E-state index contributed by atoms with van der Waals surface area (Å²) in [6.45, 7) is 4.00. The number of benzene rings is 1. The fourth-order valence-electron chi connectivity index (χ4n) is 1.63. The van der Waals surface area contributed by atoms with Gasteiger partial charge in [0.15, 0.2) is 0 Å². The lowest BCUT2D eigenvalue weighted by molar-refractivity contribution is 0.126. The standard InChI is InChI=1S/C13H15NO/c1-9(2)13(15)11-7-10-5-3-4-6-12(10)14-8-11/h3-9,13,15H,1-2H3. The fourth-order valence-corrected chi connectivity index (χ4v) is 1.63. The molecule has 1 aromatic heterocycles. The van der Waals surface area contributed by atoms with E-state index in [2.05, 4.69) is 4.98 Å². The van der Waals surface area contributed by atoms with Gasteiger partial charge in [-0.15, -0.1) is 0 Å². The largest absolute Gasteiger partial charge is 0.388 e. The summed E-state index contributed by atoms with van der Waals surface area (Å²) in [6, 6.07) is 9.94. The lowest BCUT2D eigenvalue weighted by Gasteiger charge is -2.14. The Labute approximate surface area is 89.6 Å². The topological polar surface area (TPSA) is 33.1 Å². The van der Waals surface area contributed by atoms with E-state index in [0.29, 0.717) is 0 Å². The molecule has 2 nitrogen and oxygen atoms in total. The van der Waals surface area contributed by atoms with E-state index in [0.717, 1.165) is 16.5 Å². The van der Waals surface area contributed by atoms with Gasteiger partial charge in [0.1, 0.15) is 0 Å². The van der Waals surface area contributed by atoms with Gasteiger partial charge >= 0.3 is 0 Å². The van der Waals surface area contributed by atoms with Crippen molar-refractivity contribution in [3.8, 4) is 0 Å². The molecule has 0 aliphatic carbocycles. The highest BCUT2D eigenvalue weighted by atomic mass is 16.3. The highest BCUT2D eigenvalue weighted by molar-refractivity contribution is 5.78. The minimum absolute atomic E-state index is 0.216. The van der Waals surface area contributed by atoms with E-state index in [-0.39, 0.29) is 5.92 Å². The maximum absolute atomic E-state index is 9.92. The minimum atomic E-state index is -0.429. The molecule has 78 valence electrons. The smallest absolute Gasteiger partial charge is 0.0827 e. The average molecular weight is 201 g/mol. The van der Waals surface area contributed by atoms with Gasteiger partial charge in [-0.1, -0.05) is 32.0 Å². The first-order chi connectivity index (χ1) is 7.18. The summed E-state index contributed by atoms with van der Waals surface area (Å²) < 4.78 is 0. The molecule has 0 saturated carbocycles. The van der Waals surface area contributed by atoms with Crippen molar-refractivity contribution in [2.24, 2.45) is 5.92 Å². The second-order valence-corrected chi connectivity index (χ2v) is 4.15. The number of para-hydroxylation sites is 1. The maximum atomic E-state index is 9.92. The average Bonchev–Trinajstić information content (AvgIpc) is 2.27. The molecule has 0 spiro atoms. The van der Waals surface area contributed by atoms with Crippen molar-refractivity contribution in [3.05, 3.63) is 42.1 Å². The SMILES string of the molecule is CC(C)C(O)c1cnc2ccccc2c1. The maximum Gasteiger partial charge on any atom is 0.0827 e. The molecule has 1 unspecified atom stereocenters. The third-order valence-corrected chi connectivity index (χ3v) is 2.58. The van der Waals surface area contributed by atoms with E-state index in [9.17, 15) is 5.11 Å². The Morgan fingerprint density at radius 1 is 1.20 bits per heavy atom. The van der Waals surface area contributed by atoms with Crippen LogP contribution >= 0.6 is 0 Å². The summed E-state index contributed by atoms with van der Waals surface area (Å²) in [7, 11) is 0. The summed E-state index contributed by atoms with van der Waals surface area (Å²) in [5.74, 6) is 0.216. The molecule has 1 N–H and O–H groups in total. The molecule has 1 heterocycles. The number of fused-ring (bicyclic) bond motifs is 1. The van der Waals surface area contributed by atoms with Gasteiger partial charge in [-0.3, -0.25) is 4.98 Å². The van der Waals surface area contributed by atoms with Crippen LogP contribution < -0.4 is 0 Å². The quantitative estimate of drug-likeness (QED) is 0.810. The van der Waals surface area contributed by atoms with Gasteiger partial charge in [0.05, 0.1) is 11.6 Å². The number of nitrogens with zero attached hydrogens (tertiary/aromatic N) is 1. The van der Waals surface area contributed by atoms with Crippen molar-refractivity contribution in [2.75, 3.05) is 0 Å². The van der Waals surface area contributed by atoms with E-state index < -0.39 is 6.10 Å². The number of aliphatic hydroxyl groups excluding tert-OH is 1. The minimum Gasteiger partial charge on any atom is -0.388 e. The Hall–Kier alpha value is -1.41. The van der Waals surface area contributed by atoms with Crippen LogP contribution in [0.1, 0.15) is 25.5 Å². The van der Waals surface area contributed by atoms with Crippen LogP contribution in [0.4, 0.5) is 0 Å². The molecule has 0 fully saturated rings. The molecular weight excluding hydrogens is 186 g/mol. The zero-order valence-corrected chi connectivity index (χ0v) is 9.01. The van der Waals surface area contributed by atoms with Gasteiger partial charge in [0.2, 0.25) is 0 Å². The number of aliphatic hydroxyl groups is 1. The Kier molecular flexibility index (Phi) is 2.69. The van der Waals surface area contributed by atoms with Crippen LogP contribution in [0.2, 0.25) is 0 Å². The highest BCUT2D eigenvalue weighted by Crippen LogP contribution is 2.23. The van der Waals surface area contributed by atoms with Gasteiger partial charge < -0.3 is 5.11 Å². The Balaban J connectivity index is 2.47. The number of pyridine rings is 1. The van der Waals surface area contributed by atoms with Crippen LogP contribution in [-0.2, 0) is 0 Å². The predicted octanol–water partition coefficient (Wildman–Crippen LogP) is 2.92. The molecule has 15 heavy (non-hydrogen) atoms. The normalized spacial score (nSPS) is 13.3.